The molecule has 0 amide bonds. The smallest absolute Gasteiger partial charge is 0.0991 e. The Labute approximate surface area is 177 Å². The van der Waals surface area contributed by atoms with Crippen LogP contribution >= 0.6 is 0 Å². The molecule has 0 radical (unpaired) electrons. The molecule has 3 rings (SSSR count). The van der Waals surface area contributed by atoms with Crippen molar-refractivity contribution < 1.29 is 4.39 Å². The van der Waals surface area contributed by atoms with Gasteiger partial charge >= 0.3 is 0 Å². The van der Waals surface area contributed by atoms with Crippen LogP contribution in [-0.2, 0) is 0 Å². The van der Waals surface area contributed by atoms with Gasteiger partial charge in [-0.15, -0.1) is 0 Å². The van der Waals surface area contributed by atoms with Crippen LogP contribution in [0.3, 0.4) is 0 Å². The van der Waals surface area contributed by atoms with Gasteiger partial charge in [0.2, 0.25) is 0 Å². The van der Waals surface area contributed by atoms with E-state index in [0.717, 1.165) is 36.2 Å². The summed E-state index contributed by atoms with van der Waals surface area (Å²) in [6.45, 7) is 0. The van der Waals surface area contributed by atoms with Crippen LogP contribution in [0.5, 0.6) is 0 Å². The lowest BCUT2D eigenvalue weighted by Crippen LogP contribution is -2.17. The molecule has 2 aliphatic rings. The molecule has 2 saturated carbocycles. The third-order valence-electron chi connectivity index (χ3n) is 7.63. The molecule has 0 saturated heterocycles. The Kier molecular flexibility index (Phi) is 9.26. The Morgan fingerprint density at radius 1 is 0.793 bits per heavy atom. The maximum atomic E-state index is 12.0. The van der Waals surface area contributed by atoms with Crippen molar-refractivity contribution in [3.8, 4) is 6.07 Å². The van der Waals surface area contributed by atoms with Crippen LogP contribution in [-0.4, -0.2) is 0 Å². The van der Waals surface area contributed by atoms with Crippen molar-refractivity contribution in [2.45, 2.75) is 95.8 Å². The van der Waals surface area contributed by atoms with Gasteiger partial charge in [-0.3, -0.25) is 0 Å². The minimum atomic E-state index is 0.685. The fraction of sp³-hybridized carbons (Fsp3) is 0.667. The molecule has 2 heteroatoms. The average molecular weight is 396 g/mol. The summed E-state index contributed by atoms with van der Waals surface area (Å²) in [5, 5.41) is 8.96. The fourth-order valence-electron chi connectivity index (χ4n) is 5.65. The highest BCUT2D eigenvalue weighted by atomic mass is 19.1. The molecular weight excluding hydrogens is 357 g/mol. The van der Waals surface area contributed by atoms with Gasteiger partial charge in [-0.2, -0.15) is 5.26 Å². The molecule has 0 spiro atoms. The van der Waals surface area contributed by atoms with Gasteiger partial charge in [-0.25, -0.2) is 4.39 Å². The van der Waals surface area contributed by atoms with E-state index in [-0.39, 0.29) is 0 Å². The van der Waals surface area contributed by atoms with Gasteiger partial charge < -0.3 is 0 Å². The summed E-state index contributed by atoms with van der Waals surface area (Å²) in [6.07, 6.45) is 21.0. The minimum absolute atomic E-state index is 0.685. The zero-order valence-electron chi connectivity index (χ0n) is 18.0. The van der Waals surface area contributed by atoms with Gasteiger partial charge in [0.15, 0.2) is 0 Å². The van der Waals surface area contributed by atoms with Gasteiger partial charge in [-0.05, 0) is 79.9 Å². The number of nitrogens with zero attached hydrogens (tertiary/aromatic N) is 1. The first-order chi connectivity index (χ1) is 14.3. The van der Waals surface area contributed by atoms with Crippen molar-refractivity contribution in [1.82, 2.24) is 0 Å². The summed E-state index contributed by atoms with van der Waals surface area (Å²) in [7, 11) is 0. The standard InChI is InChI=1S/C27H38FN/c28-20-4-2-1-3-5-22-6-8-23(9-7-22)10-11-24-12-16-26(17-13-24)27-18-14-25(21-29)15-19-27/h4,14-15,18-20,22-24,26H,1-3,5-13,16-17H2. The van der Waals surface area contributed by atoms with Gasteiger partial charge in [0, 0.05) is 0 Å². The lowest BCUT2D eigenvalue weighted by molar-refractivity contribution is 0.222. The van der Waals surface area contributed by atoms with E-state index in [2.05, 4.69) is 18.2 Å². The maximum Gasteiger partial charge on any atom is 0.0991 e. The Balaban J connectivity index is 1.28. The maximum absolute atomic E-state index is 12.0. The zero-order valence-corrected chi connectivity index (χ0v) is 18.0. The van der Waals surface area contributed by atoms with Crippen molar-refractivity contribution in [3.63, 3.8) is 0 Å². The molecule has 158 valence electrons. The normalized spacial score (nSPS) is 27.7. The van der Waals surface area contributed by atoms with Gasteiger partial charge in [-0.1, -0.05) is 69.6 Å². The van der Waals surface area contributed by atoms with Gasteiger partial charge in [0.05, 0.1) is 18.0 Å². The number of rotatable bonds is 9. The lowest BCUT2D eigenvalue weighted by atomic mass is 9.74. The Bertz CT molecular complexity index is 640. The fourth-order valence-corrected chi connectivity index (χ4v) is 5.65. The highest BCUT2D eigenvalue weighted by Crippen LogP contribution is 2.40. The van der Waals surface area contributed by atoms with E-state index in [1.165, 1.54) is 82.6 Å². The molecule has 2 fully saturated rings. The molecule has 1 aromatic carbocycles. The Morgan fingerprint density at radius 3 is 1.90 bits per heavy atom. The largest absolute Gasteiger partial charge is 0.216 e. The first-order valence-electron chi connectivity index (χ1n) is 12.0. The second-order valence-electron chi connectivity index (χ2n) is 9.56. The van der Waals surface area contributed by atoms with Crippen molar-refractivity contribution in [3.05, 3.63) is 47.8 Å². The van der Waals surface area contributed by atoms with Crippen LogP contribution in [0.4, 0.5) is 4.39 Å². The minimum Gasteiger partial charge on any atom is -0.216 e. The van der Waals surface area contributed by atoms with Gasteiger partial charge in [0.1, 0.15) is 0 Å². The molecule has 0 bridgehead atoms. The van der Waals surface area contributed by atoms with E-state index in [4.69, 9.17) is 5.26 Å². The molecule has 1 aromatic rings. The summed E-state index contributed by atoms with van der Waals surface area (Å²) in [6, 6.07) is 10.5. The summed E-state index contributed by atoms with van der Waals surface area (Å²) in [5.74, 6) is 3.54. The van der Waals surface area contributed by atoms with Crippen LogP contribution in [0.1, 0.15) is 107 Å². The number of hydrogen-bond donors (Lipinski definition) is 0. The highest BCUT2D eigenvalue weighted by Gasteiger charge is 2.25. The number of hydrogen-bond acceptors (Lipinski definition) is 1. The van der Waals surface area contributed by atoms with E-state index in [1.54, 1.807) is 6.08 Å². The SMILES string of the molecule is N#Cc1ccc(C2CCC(CCC3CCC(CCCCC=CF)CC3)CC2)cc1. The molecule has 0 unspecified atom stereocenters. The van der Waals surface area contributed by atoms with Gasteiger partial charge in [0.25, 0.3) is 0 Å². The lowest BCUT2D eigenvalue weighted by Gasteiger charge is -2.32. The second-order valence-corrected chi connectivity index (χ2v) is 9.56. The predicted molar refractivity (Wildman–Crippen MR) is 119 cm³/mol. The van der Waals surface area contributed by atoms with Crippen molar-refractivity contribution >= 4 is 0 Å². The Hall–Kier alpha value is -1.62. The molecule has 1 nitrogen and oxygen atoms in total. The van der Waals surface area contributed by atoms with E-state index >= 15 is 0 Å². The molecular formula is C27H38FN. The van der Waals surface area contributed by atoms with Crippen LogP contribution in [0, 0.1) is 29.1 Å². The number of halogens is 1. The molecule has 0 atom stereocenters. The average Bonchev–Trinajstić information content (AvgIpc) is 2.79. The summed E-state index contributed by atoms with van der Waals surface area (Å²) in [5.41, 5.74) is 2.20. The number of nitriles is 1. The predicted octanol–water partition coefficient (Wildman–Crippen LogP) is 8.46. The van der Waals surface area contributed by atoms with E-state index < -0.39 is 0 Å². The highest BCUT2D eigenvalue weighted by molar-refractivity contribution is 5.33. The third-order valence-corrected chi connectivity index (χ3v) is 7.63. The molecule has 0 N–H and O–H groups in total. The van der Waals surface area contributed by atoms with Crippen molar-refractivity contribution in [1.29, 1.82) is 5.26 Å². The summed E-state index contributed by atoms with van der Waals surface area (Å²) >= 11 is 0. The molecule has 2 aliphatic carbocycles. The number of unbranched alkanes of at least 4 members (excludes halogenated alkanes) is 2. The zero-order chi connectivity index (χ0) is 20.3. The summed E-state index contributed by atoms with van der Waals surface area (Å²) < 4.78 is 12.0. The summed E-state index contributed by atoms with van der Waals surface area (Å²) in [4.78, 5) is 0. The number of benzene rings is 1. The van der Waals surface area contributed by atoms with Crippen LogP contribution < -0.4 is 0 Å². The van der Waals surface area contributed by atoms with Crippen molar-refractivity contribution in [2.24, 2.45) is 17.8 Å². The van der Waals surface area contributed by atoms with Crippen LogP contribution in [0.2, 0.25) is 0 Å². The van der Waals surface area contributed by atoms with Crippen molar-refractivity contribution in [2.75, 3.05) is 0 Å². The topological polar surface area (TPSA) is 23.8 Å². The van der Waals surface area contributed by atoms with E-state index in [0.29, 0.717) is 12.2 Å². The quantitative estimate of drug-likeness (QED) is 0.385. The van der Waals surface area contributed by atoms with Crippen LogP contribution in [0.15, 0.2) is 36.7 Å². The monoisotopic (exact) mass is 395 g/mol. The first kappa shape index (κ1) is 22.1. The Morgan fingerprint density at radius 2 is 1.34 bits per heavy atom. The van der Waals surface area contributed by atoms with E-state index in [9.17, 15) is 4.39 Å². The molecule has 0 aromatic heterocycles. The first-order valence-corrected chi connectivity index (χ1v) is 12.0. The molecule has 0 heterocycles. The van der Waals surface area contributed by atoms with Crippen LogP contribution in [0.25, 0.3) is 0 Å². The third kappa shape index (κ3) is 7.29. The number of allylic oxidation sites excluding steroid dienone is 1. The molecule has 29 heavy (non-hydrogen) atoms. The van der Waals surface area contributed by atoms with E-state index in [1.807, 2.05) is 12.1 Å². The molecule has 0 aliphatic heterocycles. The second kappa shape index (κ2) is 12.2.